The van der Waals surface area contributed by atoms with Gasteiger partial charge in [0, 0.05) is 17.4 Å². The lowest BCUT2D eigenvalue weighted by Crippen LogP contribution is -2.21. The quantitative estimate of drug-likeness (QED) is 0.570. The fourth-order valence-electron chi connectivity index (χ4n) is 2.05. The molecule has 0 saturated heterocycles. The maximum Gasteiger partial charge on any atom is 0.337 e. The van der Waals surface area contributed by atoms with Crippen molar-refractivity contribution in [3.8, 4) is 5.75 Å². The molecule has 1 amide bonds. The van der Waals surface area contributed by atoms with Crippen molar-refractivity contribution in [1.82, 2.24) is 0 Å². The smallest absolute Gasteiger partial charge is 0.337 e. The summed E-state index contributed by atoms with van der Waals surface area (Å²) in [6.07, 6.45) is 1.67. The first kappa shape index (κ1) is 18.1. The van der Waals surface area contributed by atoms with Crippen LogP contribution in [0, 0.1) is 0 Å². The van der Waals surface area contributed by atoms with Crippen LogP contribution in [-0.2, 0) is 9.53 Å². The number of ether oxygens (including phenoxy) is 2. The standard InChI is InChI=1S/C19H20N2O4/c1-3-11-25-17-6-4-5-16(12-17)20-13-18(22)21-15-9-7-14(8-10-15)19(23)24-2/h3-10,12,20H,1,11,13H2,2H3,(H,21,22). The van der Waals surface area contributed by atoms with Gasteiger partial charge in [-0.25, -0.2) is 4.79 Å². The Morgan fingerprint density at radius 1 is 1.12 bits per heavy atom. The van der Waals surface area contributed by atoms with E-state index < -0.39 is 5.97 Å². The number of hydrogen-bond acceptors (Lipinski definition) is 5. The number of methoxy groups -OCH3 is 1. The van der Waals surface area contributed by atoms with Gasteiger partial charge in [0.15, 0.2) is 0 Å². The molecular weight excluding hydrogens is 320 g/mol. The van der Waals surface area contributed by atoms with Crippen molar-refractivity contribution in [2.24, 2.45) is 0 Å². The molecule has 0 spiro atoms. The number of anilines is 2. The fraction of sp³-hybridized carbons (Fsp3) is 0.158. The minimum atomic E-state index is -0.418. The molecule has 25 heavy (non-hydrogen) atoms. The van der Waals surface area contributed by atoms with Gasteiger partial charge < -0.3 is 20.1 Å². The van der Waals surface area contributed by atoms with E-state index in [0.29, 0.717) is 23.6 Å². The predicted octanol–water partition coefficient (Wildman–Crippen LogP) is 3.09. The zero-order chi connectivity index (χ0) is 18.1. The van der Waals surface area contributed by atoms with Gasteiger partial charge >= 0.3 is 5.97 Å². The van der Waals surface area contributed by atoms with Crippen molar-refractivity contribution >= 4 is 23.3 Å². The molecular formula is C19H20N2O4. The summed E-state index contributed by atoms with van der Waals surface area (Å²) >= 11 is 0. The van der Waals surface area contributed by atoms with E-state index in [1.54, 1.807) is 30.3 Å². The van der Waals surface area contributed by atoms with E-state index in [4.69, 9.17) is 4.74 Å². The summed E-state index contributed by atoms with van der Waals surface area (Å²) in [5.74, 6) is 0.0741. The van der Waals surface area contributed by atoms with Crippen molar-refractivity contribution < 1.29 is 19.1 Å². The molecule has 130 valence electrons. The maximum absolute atomic E-state index is 12.0. The minimum absolute atomic E-state index is 0.101. The molecule has 0 heterocycles. The molecule has 6 heteroatoms. The van der Waals surface area contributed by atoms with Gasteiger partial charge in [-0.05, 0) is 36.4 Å². The van der Waals surface area contributed by atoms with E-state index in [1.807, 2.05) is 24.3 Å². The lowest BCUT2D eigenvalue weighted by atomic mass is 10.2. The second-order valence-electron chi connectivity index (χ2n) is 5.10. The Hall–Kier alpha value is -3.28. The maximum atomic E-state index is 12.0. The molecule has 2 rings (SSSR count). The fourth-order valence-corrected chi connectivity index (χ4v) is 2.05. The highest BCUT2D eigenvalue weighted by Crippen LogP contribution is 2.17. The third kappa shape index (κ3) is 5.69. The molecule has 0 aromatic heterocycles. The monoisotopic (exact) mass is 340 g/mol. The molecule has 2 aromatic carbocycles. The second kappa shape index (κ2) is 9.12. The predicted molar refractivity (Wildman–Crippen MR) is 97.0 cm³/mol. The molecule has 0 radical (unpaired) electrons. The van der Waals surface area contributed by atoms with Gasteiger partial charge in [0.05, 0.1) is 19.2 Å². The van der Waals surface area contributed by atoms with Gasteiger partial charge in [0.2, 0.25) is 5.91 Å². The molecule has 0 aliphatic rings. The van der Waals surface area contributed by atoms with Crippen molar-refractivity contribution in [1.29, 1.82) is 0 Å². The summed E-state index contributed by atoms with van der Waals surface area (Å²) in [5.41, 5.74) is 1.80. The topological polar surface area (TPSA) is 76.7 Å². The molecule has 0 atom stereocenters. The van der Waals surface area contributed by atoms with Crippen LogP contribution < -0.4 is 15.4 Å². The average Bonchev–Trinajstić information content (AvgIpc) is 2.65. The number of benzene rings is 2. The Bertz CT molecular complexity index is 741. The van der Waals surface area contributed by atoms with Gasteiger partial charge in [-0.3, -0.25) is 4.79 Å². The van der Waals surface area contributed by atoms with Crippen molar-refractivity contribution in [3.63, 3.8) is 0 Å². The van der Waals surface area contributed by atoms with Crippen LogP contribution in [0.1, 0.15) is 10.4 Å². The Kier molecular flexibility index (Phi) is 6.59. The van der Waals surface area contributed by atoms with E-state index in [1.165, 1.54) is 7.11 Å². The molecule has 0 aliphatic heterocycles. The van der Waals surface area contributed by atoms with Crippen LogP contribution in [0.5, 0.6) is 5.75 Å². The third-order valence-corrected chi connectivity index (χ3v) is 3.24. The van der Waals surface area contributed by atoms with Crippen molar-refractivity contribution in [2.75, 3.05) is 30.9 Å². The van der Waals surface area contributed by atoms with E-state index in [0.717, 1.165) is 5.69 Å². The average molecular weight is 340 g/mol. The summed E-state index contributed by atoms with van der Waals surface area (Å²) in [6.45, 7) is 4.12. The zero-order valence-corrected chi connectivity index (χ0v) is 14.0. The normalized spacial score (nSPS) is 9.80. The number of hydrogen-bond donors (Lipinski definition) is 2. The number of carbonyl (C=O) groups is 2. The van der Waals surface area contributed by atoms with Crippen molar-refractivity contribution in [2.45, 2.75) is 0 Å². The largest absolute Gasteiger partial charge is 0.489 e. The van der Waals surface area contributed by atoms with Gasteiger partial charge in [0.25, 0.3) is 0 Å². The Morgan fingerprint density at radius 2 is 1.88 bits per heavy atom. The third-order valence-electron chi connectivity index (χ3n) is 3.24. The number of esters is 1. The lowest BCUT2D eigenvalue weighted by Gasteiger charge is -2.10. The molecule has 2 aromatic rings. The van der Waals surface area contributed by atoms with Crippen LogP contribution in [0.4, 0.5) is 11.4 Å². The van der Waals surface area contributed by atoms with Crippen LogP contribution >= 0.6 is 0 Å². The molecule has 2 N–H and O–H groups in total. The van der Waals surface area contributed by atoms with E-state index in [9.17, 15) is 9.59 Å². The van der Waals surface area contributed by atoms with Crippen LogP contribution in [0.15, 0.2) is 61.2 Å². The number of nitrogens with one attached hydrogen (secondary N) is 2. The Balaban J connectivity index is 1.86. The van der Waals surface area contributed by atoms with Crippen molar-refractivity contribution in [3.05, 3.63) is 66.7 Å². The van der Waals surface area contributed by atoms with Gasteiger partial charge in [-0.1, -0.05) is 18.7 Å². The van der Waals surface area contributed by atoms with Crippen LogP contribution in [-0.4, -0.2) is 32.1 Å². The number of amides is 1. The molecule has 0 bridgehead atoms. The Labute approximate surface area is 146 Å². The number of carbonyl (C=O) groups excluding carboxylic acids is 2. The summed E-state index contributed by atoms with van der Waals surface area (Å²) < 4.78 is 10.1. The first-order valence-corrected chi connectivity index (χ1v) is 7.68. The molecule has 6 nitrogen and oxygen atoms in total. The molecule has 0 unspecified atom stereocenters. The van der Waals surface area contributed by atoms with Gasteiger partial charge in [0.1, 0.15) is 12.4 Å². The summed E-state index contributed by atoms with van der Waals surface area (Å²) in [5, 5.41) is 5.78. The lowest BCUT2D eigenvalue weighted by molar-refractivity contribution is -0.114. The zero-order valence-electron chi connectivity index (χ0n) is 14.0. The van der Waals surface area contributed by atoms with Gasteiger partial charge in [-0.2, -0.15) is 0 Å². The molecule has 0 fully saturated rings. The van der Waals surface area contributed by atoms with Crippen LogP contribution in [0.25, 0.3) is 0 Å². The first-order valence-electron chi connectivity index (χ1n) is 7.68. The Morgan fingerprint density at radius 3 is 2.56 bits per heavy atom. The highest BCUT2D eigenvalue weighted by atomic mass is 16.5. The number of rotatable bonds is 8. The molecule has 0 aliphatic carbocycles. The van der Waals surface area contributed by atoms with Gasteiger partial charge in [-0.15, -0.1) is 0 Å². The van der Waals surface area contributed by atoms with E-state index in [2.05, 4.69) is 21.9 Å². The highest BCUT2D eigenvalue weighted by molar-refractivity contribution is 5.95. The molecule has 0 saturated carbocycles. The minimum Gasteiger partial charge on any atom is -0.489 e. The first-order chi connectivity index (χ1) is 12.1. The SMILES string of the molecule is C=CCOc1cccc(NCC(=O)Nc2ccc(C(=O)OC)cc2)c1. The summed E-state index contributed by atoms with van der Waals surface area (Å²) in [4.78, 5) is 23.4. The second-order valence-corrected chi connectivity index (χ2v) is 5.10. The summed E-state index contributed by atoms with van der Waals surface area (Å²) in [6, 6.07) is 13.8. The van der Waals surface area contributed by atoms with Crippen LogP contribution in [0.3, 0.4) is 0 Å². The highest BCUT2D eigenvalue weighted by Gasteiger charge is 2.06. The van der Waals surface area contributed by atoms with E-state index >= 15 is 0 Å². The van der Waals surface area contributed by atoms with Crippen LogP contribution in [0.2, 0.25) is 0 Å². The summed E-state index contributed by atoms with van der Waals surface area (Å²) in [7, 11) is 1.32. The van der Waals surface area contributed by atoms with E-state index in [-0.39, 0.29) is 12.5 Å².